The smallest absolute Gasteiger partial charge is 0.333 e. The fourth-order valence-electron chi connectivity index (χ4n) is 5.91. The van der Waals surface area contributed by atoms with Crippen LogP contribution in [0.25, 0.3) is 16.7 Å². The summed E-state index contributed by atoms with van der Waals surface area (Å²) in [7, 11) is 0. The molecule has 0 bridgehead atoms. The normalized spacial score (nSPS) is 20.7. The number of carbonyl (C=O) groups excluding carboxylic acids is 1. The van der Waals surface area contributed by atoms with Crippen LogP contribution in [0.1, 0.15) is 54.6 Å². The van der Waals surface area contributed by atoms with Crippen LogP contribution in [0.2, 0.25) is 5.02 Å². The van der Waals surface area contributed by atoms with E-state index in [4.69, 9.17) is 16.3 Å². The number of amides is 1. The van der Waals surface area contributed by atoms with E-state index in [1.807, 2.05) is 41.0 Å². The number of hydrogen-bond donors (Lipinski definition) is 2. The van der Waals surface area contributed by atoms with E-state index in [2.05, 4.69) is 20.6 Å². The minimum absolute atomic E-state index is 0.125. The quantitative estimate of drug-likeness (QED) is 0.284. The third-order valence-electron chi connectivity index (χ3n) is 8.08. The highest BCUT2D eigenvalue weighted by Gasteiger charge is 2.27. The van der Waals surface area contributed by atoms with Gasteiger partial charge in [-0.25, -0.2) is 18.6 Å². The average molecular weight is 597 g/mol. The number of imidazole rings is 1. The van der Waals surface area contributed by atoms with Crippen LogP contribution < -0.4 is 16.3 Å². The lowest BCUT2D eigenvalue weighted by atomic mass is 9.85. The molecule has 4 aromatic rings. The second kappa shape index (κ2) is 12.2. The number of benzene rings is 1. The molecular weight excluding hydrogens is 566 g/mol. The van der Waals surface area contributed by atoms with E-state index in [0.29, 0.717) is 31.7 Å². The number of ether oxygens (including phenoxy) is 1. The molecular formula is C30H31ClF2N6O3. The lowest BCUT2D eigenvalue weighted by molar-refractivity contribution is 0.0904. The molecule has 2 fully saturated rings. The van der Waals surface area contributed by atoms with Crippen molar-refractivity contribution in [1.29, 1.82) is 0 Å². The lowest BCUT2D eigenvalue weighted by Gasteiger charge is -2.29. The van der Waals surface area contributed by atoms with E-state index in [9.17, 15) is 18.4 Å². The maximum absolute atomic E-state index is 13.7. The van der Waals surface area contributed by atoms with Gasteiger partial charge in [-0.05, 0) is 68.4 Å². The molecule has 1 saturated carbocycles. The van der Waals surface area contributed by atoms with Crippen LogP contribution in [-0.2, 0) is 11.3 Å². The maximum atomic E-state index is 13.7. The molecule has 3 aromatic heterocycles. The molecule has 1 atom stereocenters. The molecule has 1 aliphatic heterocycles. The number of carbonyl (C=O) groups is 1. The molecule has 1 aromatic carbocycles. The van der Waals surface area contributed by atoms with E-state index >= 15 is 0 Å². The van der Waals surface area contributed by atoms with Crippen LogP contribution in [0.5, 0.6) is 0 Å². The highest BCUT2D eigenvalue weighted by atomic mass is 35.5. The number of rotatable bonds is 8. The molecule has 6 rings (SSSR count). The van der Waals surface area contributed by atoms with Crippen LogP contribution in [0.3, 0.4) is 0 Å². The largest absolute Gasteiger partial charge is 0.379 e. The lowest BCUT2D eigenvalue weighted by Crippen LogP contribution is -2.39. The van der Waals surface area contributed by atoms with Crippen LogP contribution in [0.4, 0.5) is 14.6 Å². The Labute approximate surface area is 245 Å². The molecule has 0 spiro atoms. The van der Waals surface area contributed by atoms with Crippen molar-refractivity contribution in [3.8, 4) is 5.69 Å². The number of pyridine rings is 2. The van der Waals surface area contributed by atoms with Gasteiger partial charge in [-0.2, -0.15) is 0 Å². The predicted molar refractivity (Wildman–Crippen MR) is 156 cm³/mol. The van der Waals surface area contributed by atoms with Crippen LogP contribution in [0.15, 0.2) is 59.7 Å². The first-order chi connectivity index (χ1) is 20.4. The van der Waals surface area contributed by atoms with Gasteiger partial charge in [-0.1, -0.05) is 23.7 Å². The van der Waals surface area contributed by atoms with E-state index in [1.54, 1.807) is 10.8 Å². The van der Waals surface area contributed by atoms with Crippen LogP contribution in [-0.4, -0.2) is 50.3 Å². The zero-order valence-electron chi connectivity index (χ0n) is 22.8. The Morgan fingerprint density at radius 3 is 2.50 bits per heavy atom. The number of nitrogens with one attached hydrogen (secondary N) is 2. The molecule has 9 nitrogen and oxygen atoms in total. The first kappa shape index (κ1) is 28.3. The Balaban J connectivity index is 1.14. The van der Waals surface area contributed by atoms with Gasteiger partial charge in [0.25, 0.3) is 12.3 Å². The van der Waals surface area contributed by atoms with Gasteiger partial charge in [0.15, 0.2) is 0 Å². The van der Waals surface area contributed by atoms with E-state index < -0.39 is 18.0 Å². The van der Waals surface area contributed by atoms with Crippen LogP contribution in [0, 0.1) is 5.92 Å². The summed E-state index contributed by atoms with van der Waals surface area (Å²) in [4.78, 5) is 34.7. The van der Waals surface area contributed by atoms with Crippen molar-refractivity contribution in [2.45, 2.75) is 57.2 Å². The van der Waals surface area contributed by atoms with Crippen molar-refractivity contribution < 1.29 is 18.3 Å². The maximum Gasteiger partial charge on any atom is 0.333 e. The van der Waals surface area contributed by atoms with Gasteiger partial charge in [0, 0.05) is 25.4 Å². The van der Waals surface area contributed by atoms with Crippen molar-refractivity contribution in [2.75, 3.05) is 18.5 Å². The predicted octanol–water partition coefficient (Wildman–Crippen LogP) is 5.36. The van der Waals surface area contributed by atoms with E-state index in [1.165, 1.54) is 6.07 Å². The fourth-order valence-corrected chi connectivity index (χ4v) is 6.07. The number of aromatic nitrogens is 4. The first-order valence-corrected chi connectivity index (χ1v) is 14.5. The number of hydrogen-bond acceptors (Lipinski definition) is 6. The van der Waals surface area contributed by atoms with E-state index in [-0.39, 0.29) is 34.3 Å². The first-order valence-electron chi connectivity index (χ1n) is 14.1. The Kier molecular flexibility index (Phi) is 8.21. The van der Waals surface area contributed by atoms with Gasteiger partial charge in [0.05, 0.1) is 46.2 Å². The zero-order valence-corrected chi connectivity index (χ0v) is 23.6. The Morgan fingerprint density at radius 1 is 1.02 bits per heavy atom. The third-order valence-corrected chi connectivity index (χ3v) is 8.29. The fraction of sp³-hybridized carbons (Fsp3) is 0.400. The summed E-state index contributed by atoms with van der Waals surface area (Å²) in [6, 6.07) is 12.8. The number of alkyl halides is 2. The van der Waals surface area contributed by atoms with Gasteiger partial charge in [0.2, 0.25) is 0 Å². The minimum Gasteiger partial charge on any atom is -0.379 e. The standard InChI is InChI=1S/C30H31ClF2N6O3/c31-19-13-23(27(28(32)33)35-14-19)29(40)37-20-7-5-18(6-8-20)16-38-24-3-1-2-4-25(24)39(30(38)41)22-9-10-26(34-15-22)36-21-11-12-42-17-21/h1-4,9-10,13-15,18,20-21,28H,5-8,11-12,16-17H2,(H,34,36)(H,37,40)/t18?,20?,21-/m0/s1. The number of nitrogens with zero attached hydrogens (tertiary/aromatic N) is 4. The van der Waals surface area contributed by atoms with Crippen LogP contribution >= 0.6 is 11.6 Å². The molecule has 2 N–H and O–H groups in total. The molecule has 0 radical (unpaired) electrons. The Bertz CT molecular complexity index is 1630. The van der Waals surface area contributed by atoms with Crippen molar-refractivity contribution in [2.24, 2.45) is 5.92 Å². The van der Waals surface area contributed by atoms with Gasteiger partial charge in [0.1, 0.15) is 11.5 Å². The minimum atomic E-state index is -2.88. The molecule has 4 heterocycles. The molecule has 12 heteroatoms. The van der Waals surface area contributed by atoms with Gasteiger partial charge >= 0.3 is 5.69 Å². The zero-order chi connectivity index (χ0) is 29.2. The van der Waals surface area contributed by atoms with Gasteiger partial charge < -0.3 is 15.4 Å². The van der Waals surface area contributed by atoms with Crippen molar-refractivity contribution >= 4 is 34.4 Å². The van der Waals surface area contributed by atoms with Crippen molar-refractivity contribution in [3.05, 3.63) is 81.6 Å². The summed E-state index contributed by atoms with van der Waals surface area (Å²) >= 11 is 5.91. The Hall–Kier alpha value is -3.83. The number of halogens is 3. The number of fused-ring (bicyclic) bond motifs is 1. The molecule has 42 heavy (non-hydrogen) atoms. The monoisotopic (exact) mass is 596 g/mol. The molecule has 1 amide bonds. The molecule has 1 aliphatic carbocycles. The summed E-state index contributed by atoms with van der Waals surface area (Å²) in [5.74, 6) is 0.360. The van der Waals surface area contributed by atoms with E-state index in [0.717, 1.165) is 48.9 Å². The van der Waals surface area contributed by atoms with Crippen molar-refractivity contribution in [1.82, 2.24) is 24.4 Å². The van der Waals surface area contributed by atoms with Gasteiger partial charge in [-0.3, -0.25) is 18.9 Å². The highest BCUT2D eigenvalue weighted by Crippen LogP contribution is 2.29. The topological polar surface area (TPSA) is 103 Å². The molecule has 2 aliphatic rings. The second-order valence-electron chi connectivity index (χ2n) is 10.9. The summed E-state index contributed by atoms with van der Waals surface area (Å²) in [5, 5.41) is 6.37. The summed E-state index contributed by atoms with van der Waals surface area (Å²) in [6.07, 6.45) is 3.77. The number of anilines is 1. The molecule has 0 unspecified atom stereocenters. The average Bonchev–Trinajstić information content (AvgIpc) is 3.60. The number of para-hydroxylation sites is 2. The third kappa shape index (κ3) is 5.89. The molecule has 1 saturated heterocycles. The van der Waals surface area contributed by atoms with Gasteiger partial charge in [-0.15, -0.1) is 0 Å². The summed E-state index contributed by atoms with van der Waals surface area (Å²) < 4.78 is 35.7. The SMILES string of the molecule is O=C(NC1CCC(Cn2c(=O)n(-c3ccc(N[C@H]4CCOC4)nc3)c3ccccc32)CC1)c1cc(Cl)cnc1C(F)F. The summed E-state index contributed by atoms with van der Waals surface area (Å²) in [5.41, 5.74) is 1.42. The second-order valence-corrected chi connectivity index (χ2v) is 11.3. The summed E-state index contributed by atoms with van der Waals surface area (Å²) in [6.45, 7) is 1.93. The van der Waals surface area contributed by atoms with Crippen molar-refractivity contribution in [3.63, 3.8) is 0 Å². The Morgan fingerprint density at radius 2 is 1.81 bits per heavy atom. The highest BCUT2D eigenvalue weighted by molar-refractivity contribution is 6.30. The molecule has 220 valence electrons.